The average Bonchev–Trinajstić information content (AvgIpc) is 1.60. The molecule has 2 aromatic heterocycles. The Kier molecular flexibility index (Phi) is 29.9. The zero-order chi connectivity index (χ0) is 91.3. The van der Waals surface area contributed by atoms with Gasteiger partial charge >= 0.3 is 31.5 Å². The van der Waals surface area contributed by atoms with Crippen molar-refractivity contribution < 1.29 is 71.7 Å². The van der Waals surface area contributed by atoms with Crippen LogP contribution in [-0.2, 0) is 47.4 Å². The first-order valence-electron chi connectivity index (χ1n) is 44.4. The van der Waals surface area contributed by atoms with Crippen LogP contribution in [0.2, 0.25) is 0 Å². The lowest BCUT2D eigenvalue weighted by Crippen LogP contribution is -2.55. The Labute approximate surface area is 763 Å². The first-order chi connectivity index (χ1) is 61.4. The van der Waals surface area contributed by atoms with E-state index in [2.05, 4.69) is 182 Å². The molecule has 29 nitrogen and oxygen atoms in total. The highest BCUT2D eigenvalue weighted by molar-refractivity contribution is 9.10. The number of hydrogen-bond donors (Lipinski definition) is 7. The third kappa shape index (κ3) is 20.4. The number of rotatable bonds is 20. The van der Waals surface area contributed by atoms with Gasteiger partial charge in [-0.3, -0.25) is 29.2 Å². The Balaban J connectivity index is 0.000000174. The van der Waals surface area contributed by atoms with Gasteiger partial charge in [-0.2, -0.15) is 0 Å². The van der Waals surface area contributed by atoms with Crippen LogP contribution in [0.4, 0.5) is 19.2 Å². The predicted octanol–water partition coefficient (Wildman–Crippen LogP) is 15.8. The molecule has 6 aromatic carbocycles. The summed E-state index contributed by atoms with van der Waals surface area (Å²) in [5.74, 6) is 1.75. The number of aliphatic hydroxyl groups is 1. The molecule has 2 aliphatic carbocycles. The smallest absolute Gasteiger partial charge is 0.453 e. The first kappa shape index (κ1) is 95.1. The number of nitrogens with zero attached hydrogens (tertiary/aromatic N) is 8. The topological polar surface area (TPSA) is 355 Å². The normalized spacial score (nSPS) is 22.2. The summed E-state index contributed by atoms with van der Waals surface area (Å²) in [6, 6.07) is 39.6. The zero-order valence-corrected chi connectivity index (χ0v) is 77.1. The molecule has 684 valence electrons. The number of carbonyl (C=O) groups is 8. The highest BCUT2D eigenvalue weighted by atomic mass is 79.9. The number of ether oxygens (including phenoxy) is 4. The standard InChI is InChI=1S/C45H51N7O6.C31H38BN3O5.C20H25BrN4O3.CH4O.CH4/c1-25(2)39(50-45(56)58-5)43(54)51-18-6-7-38(51)41-47-24-37(49-41)28-10-8-27(9-11-28)29-12-13-31-20-32(15-14-30(31)19-29)34-22-36(46-23-34)40-33-16-17-35(21-33)52(40)42(53)26(3)48-44(55)57-4;1-18(34-29(37)38-6)28(36)35-25-12-10-22(15-25)27(35)26-16-23(17-33-26)20-7-8-21-14-24(11-9-19(21)13-20)32-39-30(2,3)31(4,5)40-32;1-12(2)17(24-20(27)28-3)19(26)25-10-4-5-16(25)18-22-11-15(23-18)13-6-8-14(21)9-7-13;1-2;/h8-15,19-20,23-26,33,35,38-40H,6-7,16-18,21-22H2,1-5H3,(H,47,49)(H,48,55)(H,50,56);7-9,11,13-14,17-18,22,25,27H,10,12,15-16H2,1-6H3,(H,34,37);6-9,11-12,16-17H,4-5,10H2,1-3H3,(H,22,23)(H,24,27);2H,1H3;1H4/t26-,33-,35+,38-,39-,40-;18-,22-,25+,27-;16-,17-;;/m000../s1. The third-order valence-electron chi connectivity index (χ3n) is 27.0. The van der Waals surface area contributed by atoms with Crippen LogP contribution in [0.5, 0.6) is 0 Å². The highest BCUT2D eigenvalue weighted by Crippen LogP contribution is 2.48. The number of H-pyrrole nitrogens is 2. The fourth-order valence-corrected chi connectivity index (χ4v) is 19.8. The van der Waals surface area contributed by atoms with Crippen LogP contribution < -0.4 is 26.7 Å². The summed E-state index contributed by atoms with van der Waals surface area (Å²) in [7, 11) is 5.80. The number of likely N-dealkylation sites (tertiary alicyclic amines) is 4. The van der Waals surface area contributed by atoms with E-state index in [-0.39, 0.29) is 97.5 Å². The Morgan fingerprint density at radius 1 is 0.473 bits per heavy atom. The quantitative estimate of drug-likeness (QED) is 0.0275. The van der Waals surface area contributed by atoms with Crippen molar-refractivity contribution in [2.45, 2.75) is 225 Å². The number of aromatic nitrogens is 4. The Bertz CT molecular complexity index is 5580. The first-order valence-corrected chi connectivity index (χ1v) is 45.2. The molecule has 0 spiro atoms. The Morgan fingerprint density at radius 2 is 0.837 bits per heavy atom. The van der Waals surface area contributed by atoms with Crippen molar-refractivity contribution in [3.63, 3.8) is 0 Å². The van der Waals surface area contributed by atoms with Gasteiger partial charge < -0.3 is 84.2 Å². The van der Waals surface area contributed by atoms with Crippen molar-refractivity contribution in [1.29, 1.82) is 0 Å². The number of aromatic amines is 2. The molecule has 7 aliphatic heterocycles. The summed E-state index contributed by atoms with van der Waals surface area (Å²) < 4.78 is 32.4. The van der Waals surface area contributed by atoms with Gasteiger partial charge in [0.15, 0.2) is 0 Å². The largest absolute Gasteiger partial charge is 0.494 e. The fourth-order valence-electron chi connectivity index (χ4n) is 19.5. The number of amides is 8. The Hall–Kier alpha value is -11.5. The molecule has 8 aromatic rings. The lowest BCUT2D eigenvalue weighted by molar-refractivity contribution is -0.136. The van der Waals surface area contributed by atoms with E-state index >= 15 is 0 Å². The molecule has 0 radical (unpaired) electrons. The molecule has 9 aliphatic rings. The summed E-state index contributed by atoms with van der Waals surface area (Å²) in [6.45, 7) is 20.6. The molecule has 31 heteroatoms. The van der Waals surface area contributed by atoms with Crippen molar-refractivity contribution in [3.05, 3.63) is 173 Å². The number of methoxy groups -OCH3 is 4. The van der Waals surface area contributed by atoms with Gasteiger partial charge in [0.25, 0.3) is 0 Å². The number of benzene rings is 6. The summed E-state index contributed by atoms with van der Waals surface area (Å²) >= 11 is 3.44. The minimum Gasteiger partial charge on any atom is -0.453 e. The number of imidazole rings is 2. The van der Waals surface area contributed by atoms with Crippen LogP contribution in [0.25, 0.3) is 66.3 Å². The summed E-state index contributed by atoms with van der Waals surface area (Å²) in [5, 5.41) is 22.2. The molecule has 4 bridgehead atoms. The van der Waals surface area contributed by atoms with Gasteiger partial charge in [0.05, 0.1) is 87.6 Å². The van der Waals surface area contributed by atoms with E-state index in [1.165, 1.54) is 28.4 Å². The van der Waals surface area contributed by atoms with E-state index in [1.54, 1.807) is 20.0 Å². The van der Waals surface area contributed by atoms with Gasteiger partial charge in [-0.1, -0.05) is 142 Å². The monoisotopic (exact) mass is 1820 g/mol. The number of alkyl carbamates (subject to hydrolysis) is 4. The van der Waals surface area contributed by atoms with E-state index in [0.717, 1.165) is 182 Å². The number of hydrogen-bond acceptors (Lipinski definition) is 19. The fraction of sp³-hybridized carbons (Fsp3) is 0.469. The van der Waals surface area contributed by atoms with E-state index in [4.69, 9.17) is 43.6 Å². The SMILES string of the molecule is C.CO.COC(=O)N[C@@H](C)C(=O)N1[C@@H]2CC[C@@H](C2)[C@H]1C1=NC=C(c2ccc3cc(-c4ccc(-c5cnc([C@@H]6CCCN6C(=O)[C@@H](NC(=O)OC)C(C)C)[nH]5)cc4)ccc3c2)C1.COC(=O)N[C@@H](C)C(=O)N1[C@@H]2CC[C@@H](C2)[C@H]1C1=NC=C(c2ccc3cc(B4OC(C)(C)C(C)(C)O4)ccc3c2)C1.COC(=O)N[C@H](C(=O)N1CCC[C@H]1c1ncc(-c2ccc(Br)cc2)[nH]1)C(C)C. The molecular formula is C98H122BBrN14O15. The van der Waals surface area contributed by atoms with Gasteiger partial charge in [-0.05, 0) is 231 Å². The van der Waals surface area contributed by atoms with E-state index in [9.17, 15) is 38.4 Å². The molecule has 7 N–H and O–H groups in total. The molecule has 0 unspecified atom stereocenters. The summed E-state index contributed by atoms with van der Waals surface area (Å²) in [4.78, 5) is 134. The van der Waals surface area contributed by atoms with Gasteiger partial charge in [-0.25, -0.2) is 29.1 Å². The molecular weight excluding hydrogens is 1700 g/mol. The van der Waals surface area contributed by atoms with Gasteiger partial charge in [0.1, 0.15) is 35.8 Å². The van der Waals surface area contributed by atoms with Crippen LogP contribution in [0, 0.1) is 23.7 Å². The molecule has 17 rings (SSSR count). The van der Waals surface area contributed by atoms with Crippen LogP contribution in [0.3, 0.4) is 0 Å². The van der Waals surface area contributed by atoms with E-state index < -0.39 is 48.5 Å². The maximum absolute atomic E-state index is 13.6. The van der Waals surface area contributed by atoms with E-state index in [0.29, 0.717) is 37.8 Å². The lowest BCUT2D eigenvalue weighted by atomic mass is 9.78. The van der Waals surface area contributed by atoms with Crippen LogP contribution in [0.15, 0.2) is 161 Å². The Morgan fingerprint density at radius 3 is 1.25 bits per heavy atom. The summed E-state index contributed by atoms with van der Waals surface area (Å²) in [5.41, 5.74) is 12.9. The van der Waals surface area contributed by atoms with Crippen molar-refractivity contribution in [3.8, 4) is 33.6 Å². The molecule has 2 saturated carbocycles. The second kappa shape index (κ2) is 40.6. The third-order valence-corrected chi connectivity index (χ3v) is 27.5. The molecule has 9 heterocycles. The van der Waals surface area contributed by atoms with Crippen LogP contribution in [-0.4, -0.2) is 219 Å². The molecule has 129 heavy (non-hydrogen) atoms. The van der Waals surface area contributed by atoms with Crippen molar-refractivity contribution in [1.82, 2.24) is 60.8 Å². The average molecular weight is 1830 g/mol. The number of piperidine rings is 2. The van der Waals surface area contributed by atoms with Gasteiger partial charge in [-0.15, -0.1) is 0 Å². The van der Waals surface area contributed by atoms with Crippen molar-refractivity contribution >= 4 is 121 Å². The number of allylic oxidation sites excluding steroid dienone is 2. The maximum Gasteiger partial charge on any atom is 0.494 e. The number of halogens is 1. The second-order valence-electron chi connectivity index (χ2n) is 36.2. The second-order valence-corrected chi connectivity index (χ2v) is 37.1. The minimum atomic E-state index is -0.683. The van der Waals surface area contributed by atoms with Crippen molar-refractivity contribution in [2.75, 3.05) is 48.6 Å². The highest BCUT2D eigenvalue weighted by Gasteiger charge is 2.55. The predicted molar refractivity (Wildman–Crippen MR) is 503 cm³/mol. The minimum absolute atomic E-state index is 0. The van der Waals surface area contributed by atoms with Crippen LogP contribution >= 0.6 is 15.9 Å². The van der Waals surface area contributed by atoms with Gasteiger partial charge in [0, 0.05) is 73.4 Å². The number of nitrogens with one attached hydrogen (secondary N) is 6. The van der Waals surface area contributed by atoms with Crippen LogP contribution in [0.1, 0.15) is 189 Å². The number of aliphatic imine (C=N–C) groups is 2. The zero-order valence-electron chi connectivity index (χ0n) is 75.5. The van der Waals surface area contributed by atoms with Crippen molar-refractivity contribution in [2.24, 2.45) is 33.7 Å². The van der Waals surface area contributed by atoms with Gasteiger partial charge in [0.2, 0.25) is 23.6 Å². The molecule has 5 saturated heterocycles. The molecule has 8 amide bonds. The maximum atomic E-state index is 13.6. The number of carbonyl (C=O) groups excluding carboxylic acids is 8. The summed E-state index contributed by atoms with van der Waals surface area (Å²) in [6.07, 6.45) is 16.0. The van der Waals surface area contributed by atoms with E-state index in [1.807, 2.05) is 90.2 Å². The lowest BCUT2D eigenvalue weighted by Gasteiger charge is -2.37. The number of aliphatic hydroxyl groups excluding tert-OH is 1. The molecule has 7 fully saturated rings. The molecule has 12 atom stereocenters. The number of fused-ring (bicyclic) bond motifs is 6.